The SMILES string of the molecule is C[C@@]1(C(=O)O[C@@H]2O[C@H](CO)[C@@H](O)[C@H](O)[C@H]2OC(=O)c2ccc(O)cc2)CCC[C@]2(C)C1=CC[C@@]13C[C@@H](CC[C@]12O)[C@@](O)(CO)C3. The molecule has 0 radical (unpaired) electrons. The molecular weight excluding hydrogens is 588 g/mol. The Morgan fingerprint density at radius 3 is 2.38 bits per heavy atom. The zero-order valence-corrected chi connectivity index (χ0v) is 25.6. The van der Waals surface area contributed by atoms with E-state index in [1.165, 1.54) is 24.3 Å². The van der Waals surface area contributed by atoms with Crippen molar-refractivity contribution in [3.63, 3.8) is 0 Å². The molecule has 4 aliphatic carbocycles. The van der Waals surface area contributed by atoms with Crippen LogP contribution in [0.25, 0.3) is 0 Å². The molecular formula is C33H44O12. The number of ether oxygens (including phenoxy) is 3. The highest BCUT2D eigenvalue weighted by molar-refractivity contribution is 5.89. The highest BCUT2D eigenvalue weighted by Crippen LogP contribution is 2.73. The Bertz CT molecular complexity index is 1360. The van der Waals surface area contributed by atoms with Crippen LogP contribution in [-0.2, 0) is 19.0 Å². The molecule has 3 saturated carbocycles. The number of carbonyl (C=O) groups excluding carboxylic acids is 2. The number of fused-ring (bicyclic) bond motifs is 3. The molecule has 5 aliphatic rings. The van der Waals surface area contributed by atoms with Crippen molar-refractivity contribution >= 4 is 11.9 Å². The molecule has 1 aromatic carbocycles. The van der Waals surface area contributed by atoms with Crippen LogP contribution < -0.4 is 0 Å². The van der Waals surface area contributed by atoms with E-state index in [4.69, 9.17) is 14.2 Å². The second kappa shape index (κ2) is 11.0. The molecule has 0 amide bonds. The van der Waals surface area contributed by atoms with Gasteiger partial charge in [-0.05, 0) is 87.6 Å². The Hall–Kier alpha value is -2.58. The number of aromatic hydroxyl groups is 1. The molecule has 0 unspecified atom stereocenters. The Balaban J connectivity index is 1.29. The molecule has 1 aliphatic heterocycles. The molecule has 45 heavy (non-hydrogen) atoms. The summed E-state index contributed by atoms with van der Waals surface area (Å²) >= 11 is 0. The van der Waals surface area contributed by atoms with Crippen molar-refractivity contribution in [3.8, 4) is 5.75 Å². The van der Waals surface area contributed by atoms with Crippen LogP contribution in [0.5, 0.6) is 5.75 Å². The lowest BCUT2D eigenvalue weighted by molar-refractivity contribution is -0.294. The fraction of sp³-hybridized carbons (Fsp3) is 0.697. The number of aliphatic hydroxyl groups is 6. The summed E-state index contributed by atoms with van der Waals surface area (Å²) in [5.41, 5.74) is -4.49. The number of phenols is 1. The van der Waals surface area contributed by atoms with Gasteiger partial charge in [-0.15, -0.1) is 0 Å². The Labute approximate surface area is 261 Å². The van der Waals surface area contributed by atoms with Gasteiger partial charge in [-0.1, -0.05) is 19.4 Å². The lowest BCUT2D eigenvalue weighted by atomic mass is 9.42. The molecule has 12 heteroatoms. The normalized spacial score (nSPS) is 45.6. The number of phenolic OH excluding ortho intramolecular Hbond substituents is 1. The number of hydrogen-bond donors (Lipinski definition) is 7. The summed E-state index contributed by atoms with van der Waals surface area (Å²) in [5.74, 6) is -1.85. The number of hydrogen-bond acceptors (Lipinski definition) is 12. The molecule has 248 valence electrons. The van der Waals surface area contributed by atoms with Crippen molar-refractivity contribution in [3.05, 3.63) is 41.5 Å². The molecule has 2 bridgehead atoms. The predicted molar refractivity (Wildman–Crippen MR) is 155 cm³/mol. The number of rotatable bonds is 6. The number of benzene rings is 1. The summed E-state index contributed by atoms with van der Waals surface area (Å²) in [7, 11) is 0. The maximum Gasteiger partial charge on any atom is 0.338 e. The zero-order chi connectivity index (χ0) is 32.6. The molecule has 1 aromatic rings. The smallest absolute Gasteiger partial charge is 0.338 e. The van der Waals surface area contributed by atoms with Crippen LogP contribution >= 0.6 is 0 Å². The van der Waals surface area contributed by atoms with Gasteiger partial charge in [-0.3, -0.25) is 4.79 Å². The van der Waals surface area contributed by atoms with Gasteiger partial charge < -0.3 is 50.0 Å². The van der Waals surface area contributed by atoms with E-state index >= 15 is 0 Å². The monoisotopic (exact) mass is 632 g/mol. The van der Waals surface area contributed by atoms with Gasteiger partial charge in [0.1, 0.15) is 24.1 Å². The first-order valence-corrected chi connectivity index (χ1v) is 15.8. The fourth-order valence-electron chi connectivity index (χ4n) is 9.53. The summed E-state index contributed by atoms with van der Waals surface area (Å²) in [4.78, 5) is 27.1. The maximum atomic E-state index is 14.2. The minimum Gasteiger partial charge on any atom is -0.508 e. The number of carbonyl (C=O) groups is 2. The third-order valence-corrected chi connectivity index (χ3v) is 12.0. The summed E-state index contributed by atoms with van der Waals surface area (Å²) in [6, 6.07) is 5.16. The van der Waals surface area contributed by atoms with E-state index in [0.717, 1.165) is 0 Å². The molecule has 1 saturated heterocycles. The fourth-order valence-corrected chi connectivity index (χ4v) is 9.53. The first kappa shape index (κ1) is 32.4. The van der Waals surface area contributed by atoms with Gasteiger partial charge in [-0.25, -0.2) is 4.79 Å². The van der Waals surface area contributed by atoms with Crippen LogP contribution in [0.15, 0.2) is 35.9 Å². The van der Waals surface area contributed by atoms with Crippen LogP contribution in [0.4, 0.5) is 0 Å². The molecule has 11 atom stereocenters. The lowest BCUT2D eigenvalue weighted by Crippen LogP contribution is -2.65. The summed E-state index contributed by atoms with van der Waals surface area (Å²) in [6.07, 6.45) is -2.29. The highest BCUT2D eigenvalue weighted by Gasteiger charge is 2.73. The molecule has 7 N–H and O–H groups in total. The van der Waals surface area contributed by atoms with Crippen molar-refractivity contribution in [2.45, 2.75) is 107 Å². The maximum absolute atomic E-state index is 14.2. The van der Waals surface area contributed by atoms with E-state index in [2.05, 4.69) is 0 Å². The van der Waals surface area contributed by atoms with Gasteiger partial charge in [0.2, 0.25) is 6.29 Å². The standard InChI is InChI=1S/C33H44O12/c1-29(10-3-11-30(2)22(29)9-12-31-14-19(8-13-33(30,31)42)32(41,16-31)17-35)28(40)45-27-25(24(38)23(37)21(15-34)43-27)44-26(39)18-4-6-20(36)7-5-18/h4-7,9,19,21,23-25,27,34-38,41-42H,3,8,10-17H2,1-2H3/t19-,21-,23-,24+,25-,27+,29-,30-,31+,32+,33-/m1/s1. The largest absolute Gasteiger partial charge is 0.508 e. The second-order valence-corrected chi connectivity index (χ2v) is 14.4. The minimum atomic E-state index is -1.77. The Kier molecular flexibility index (Phi) is 7.91. The van der Waals surface area contributed by atoms with Crippen LogP contribution in [0.1, 0.15) is 75.6 Å². The van der Waals surface area contributed by atoms with Crippen LogP contribution in [0.3, 0.4) is 0 Å². The van der Waals surface area contributed by atoms with Crippen molar-refractivity contribution in [1.82, 2.24) is 0 Å². The van der Waals surface area contributed by atoms with Crippen LogP contribution in [-0.4, -0.2) is 103 Å². The Morgan fingerprint density at radius 2 is 1.71 bits per heavy atom. The van der Waals surface area contributed by atoms with E-state index in [1.54, 1.807) is 6.92 Å². The minimum absolute atomic E-state index is 0.0307. The average Bonchev–Trinajstić information content (AvgIpc) is 3.26. The second-order valence-electron chi connectivity index (χ2n) is 14.4. The third-order valence-electron chi connectivity index (χ3n) is 12.0. The topological polar surface area (TPSA) is 203 Å². The Morgan fingerprint density at radius 1 is 1.00 bits per heavy atom. The van der Waals surface area contributed by atoms with Crippen LogP contribution in [0.2, 0.25) is 0 Å². The lowest BCUT2D eigenvalue weighted by Gasteiger charge is -2.64. The van der Waals surface area contributed by atoms with Gasteiger partial charge in [-0.2, -0.15) is 0 Å². The number of aliphatic hydroxyl groups excluding tert-OH is 4. The summed E-state index contributed by atoms with van der Waals surface area (Å²) in [5, 5.41) is 74.7. The van der Waals surface area contributed by atoms with Gasteiger partial charge in [0.15, 0.2) is 6.10 Å². The molecule has 1 heterocycles. The number of esters is 2. The van der Waals surface area contributed by atoms with Gasteiger partial charge in [0.25, 0.3) is 0 Å². The summed E-state index contributed by atoms with van der Waals surface area (Å²) < 4.78 is 17.1. The number of allylic oxidation sites excluding steroid dienone is 1. The van der Waals surface area contributed by atoms with Crippen molar-refractivity contribution in [1.29, 1.82) is 0 Å². The molecule has 4 fully saturated rings. The van der Waals surface area contributed by atoms with Gasteiger partial charge >= 0.3 is 11.9 Å². The first-order chi connectivity index (χ1) is 21.2. The van der Waals surface area contributed by atoms with Gasteiger partial charge in [0, 0.05) is 10.8 Å². The average molecular weight is 633 g/mol. The van der Waals surface area contributed by atoms with E-state index < -0.39 is 76.7 Å². The molecule has 1 spiro atoms. The van der Waals surface area contributed by atoms with Crippen molar-refractivity contribution in [2.75, 3.05) is 13.2 Å². The predicted octanol–water partition coefficient (Wildman–Crippen LogP) is 1.07. The first-order valence-electron chi connectivity index (χ1n) is 15.8. The highest BCUT2D eigenvalue weighted by atomic mass is 16.7. The van der Waals surface area contributed by atoms with E-state index in [0.29, 0.717) is 50.5 Å². The molecule has 0 aromatic heterocycles. The molecule has 12 nitrogen and oxygen atoms in total. The summed E-state index contributed by atoms with van der Waals surface area (Å²) in [6.45, 7) is 2.62. The molecule has 6 rings (SSSR count). The van der Waals surface area contributed by atoms with E-state index in [1.807, 2.05) is 13.0 Å². The van der Waals surface area contributed by atoms with E-state index in [9.17, 15) is 45.3 Å². The van der Waals surface area contributed by atoms with Crippen molar-refractivity contribution < 1.29 is 59.5 Å². The zero-order valence-electron chi connectivity index (χ0n) is 25.6. The third kappa shape index (κ3) is 4.67. The quantitative estimate of drug-likeness (QED) is 0.174. The van der Waals surface area contributed by atoms with Crippen LogP contribution in [0, 0.1) is 22.2 Å². The van der Waals surface area contributed by atoms with Crippen molar-refractivity contribution in [2.24, 2.45) is 22.2 Å². The van der Waals surface area contributed by atoms with Gasteiger partial charge in [0.05, 0.1) is 35.4 Å². The van der Waals surface area contributed by atoms with E-state index in [-0.39, 0.29) is 30.3 Å².